The van der Waals surface area contributed by atoms with Gasteiger partial charge in [0.15, 0.2) is 0 Å². The van der Waals surface area contributed by atoms with Gasteiger partial charge in [0.2, 0.25) is 0 Å². The van der Waals surface area contributed by atoms with E-state index in [1.807, 2.05) is 32.0 Å². The number of rotatable bonds is 3. The van der Waals surface area contributed by atoms with Crippen LogP contribution in [0.2, 0.25) is 0 Å². The van der Waals surface area contributed by atoms with Crippen LogP contribution in [0.25, 0.3) is 0 Å². The second kappa shape index (κ2) is 4.43. The summed E-state index contributed by atoms with van der Waals surface area (Å²) in [6.07, 6.45) is -0.248. The minimum atomic E-state index is -0.248. The van der Waals surface area contributed by atoms with Crippen LogP contribution in [-0.4, -0.2) is 11.2 Å². The molecule has 0 aromatic heterocycles. The van der Waals surface area contributed by atoms with E-state index in [-0.39, 0.29) is 12.0 Å². The normalized spacial score (nSPS) is 15.8. The zero-order chi connectivity index (χ0) is 9.84. The largest absolute Gasteiger partial charge is 0.392 e. The van der Waals surface area contributed by atoms with E-state index in [1.165, 1.54) is 5.56 Å². The summed E-state index contributed by atoms with van der Waals surface area (Å²) in [5.41, 5.74) is 1.21. The van der Waals surface area contributed by atoms with Crippen molar-refractivity contribution in [2.75, 3.05) is 0 Å². The summed E-state index contributed by atoms with van der Waals surface area (Å²) >= 11 is 0. The third kappa shape index (κ3) is 2.56. The van der Waals surface area contributed by atoms with Gasteiger partial charge in [-0.2, -0.15) is 0 Å². The average molecular weight is 178 g/mol. The van der Waals surface area contributed by atoms with Crippen LogP contribution in [0, 0.1) is 5.92 Å². The number of hydrogen-bond acceptors (Lipinski definition) is 1. The molecule has 0 radical (unpaired) electrons. The van der Waals surface area contributed by atoms with E-state index in [2.05, 4.69) is 19.1 Å². The van der Waals surface area contributed by atoms with Crippen LogP contribution in [0.5, 0.6) is 0 Å². The molecule has 0 amide bonds. The smallest absolute Gasteiger partial charge is 0.0628 e. The van der Waals surface area contributed by atoms with Crippen LogP contribution in [0.3, 0.4) is 0 Å². The van der Waals surface area contributed by atoms with Gasteiger partial charge in [-0.05, 0) is 11.5 Å². The first kappa shape index (κ1) is 10.3. The van der Waals surface area contributed by atoms with Gasteiger partial charge in [0.25, 0.3) is 0 Å². The molecule has 13 heavy (non-hydrogen) atoms. The van der Waals surface area contributed by atoms with Gasteiger partial charge < -0.3 is 5.11 Å². The van der Waals surface area contributed by atoms with Crippen LogP contribution in [-0.2, 0) is 0 Å². The van der Waals surface area contributed by atoms with E-state index in [0.717, 1.165) is 0 Å². The van der Waals surface area contributed by atoms with Crippen LogP contribution in [0.15, 0.2) is 30.3 Å². The molecule has 0 saturated heterocycles. The van der Waals surface area contributed by atoms with E-state index >= 15 is 0 Å². The van der Waals surface area contributed by atoms with Gasteiger partial charge in [-0.1, -0.05) is 51.1 Å². The monoisotopic (exact) mass is 178 g/mol. The average Bonchev–Trinajstić information content (AvgIpc) is 2.17. The molecule has 0 heterocycles. The van der Waals surface area contributed by atoms with E-state index in [0.29, 0.717) is 5.92 Å². The third-order valence-electron chi connectivity index (χ3n) is 2.52. The maximum absolute atomic E-state index is 9.85. The number of aliphatic hydroxyl groups is 1. The number of hydrogen-bond donors (Lipinski definition) is 1. The van der Waals surface area contributed by atoms with E-state index < -0.39 is 0 Å². The minimum Gasteiger partial charge on any atom is -0.392 e. The fourth-order valence-corrected chi connectivity index (χ4v) is 1.53. The molecule has 0 spiro atoms. The van der Waals surface area contributed by atoms with Gasteiger partial charge in [0.05, 0.1) is 6.10 Å². The molecule has 0 aliphatic heterocycles. The molecule has 0 aliphatic carbocycles. The Labute approximate surface area is 80.4 Å². The zero-order valence-electron chi connectivity index (χ0n) is 8.57. The Balaban J connectivity index is 2.73. The van der Waals surface area contributed by atoms with E-state index in [1.54, 1.807) is 0 Å². The lowest BCUT2D eigenvalue weighted by Gasteiger charge is -2.22. The van der Waals surface area contributed by atoms with Crippen molar-refractivity contribution in [3.8, 4) is 0 Å². The molecule has 0 bridgehead atoms. The molecule has 0 aliphatic rings. The molecule has 1 aromatic rings. The molecule has 1 N–H and O–H groups in total. The maximum Gasteiger partial charge on any atom is 0.0628 e. The molecular weight excluding hydrogens is 160 g/mol. The molecule has 0 saturated carbocycles. The molecule has 2 atom stereocenters. The van der Waals surface area contributed by atoms with Crippen molar-refractivity contribution < 1.29 is 5.11 Å². The van der Waals surface area contributed by atoms with E-state index in [9.17, 15) is 5.11 Å². The van der Waals surface area contributed by atoms with Crippen molar-refractivity contribution >= 4 is 0 Å². The first-order chi connectivity index (χ1) is 6.13. The highest BCUT2D eigenvalue weighted by molar-refractivity contribution is 5.19. The van der Waals surface area contributed by atoms with Crippen LogP contribution >= 0.6 is 0 Å². The summed E-state index contributed by atoms with van der Waals surface area (Å²) in [6, 6.07) is 10.2. The fourth-order valence-electron chi connectivity index (χ4n) is 1.53. The summed E-state index contributed by atoms with van der Waals surface area (Å²) in [7, 11) is 0. The van der Waals surface area contributed by atoms with Crippen molar-refractivity contribution in [1.82, 2.24) is 0 Å². The second-order valence-electron chi connectivity index (χ2n) is 3.93. The Morgan fingerprint density at radius 3 is 2.00 bits per heavy atom. The molecule has 1 nitrogen and oxygen atoms in total. The second-order valence-corrected chi connectivity index (χ2v) is 3.93. The third-order valence-corrected chi connectivity index (χ3v) is 2.52. The van der Waals surface area contributed by atoms with Crippen molar-refractivity contribution in [2.24, 2.45) is 5.92 Å². The molecule has 2 unspecified atom stereocenters. The standard InChI is InChI=1S/C12H18O/c1-9(2)12(13)10(3)11-7-5-4-6-8-11/h4-10,12-13H,1-3H3. The quantitative estimate of drug-likeness (QED) is 0.754. The number of benzene rings is 1. The summed E-state index contributed by atoms with van der Waals surface area (Å²) in [5.74, 6) is 0.538. The zero-order valence-corrected chi connectivity index (χ0v) is 8.57. The lowest BCUT2D eigenvalue weighted by atomic mass is 9.89. The first-order valence-corrected chi connectivity index (χ1v) is 4.86. The predicted octanol–water partition coefficient (Wildman–Crippen LogP) is 2.81. The van der Waals surface area contributed by atoms with Gasteiger partial charge >= 0.3 is 0 Å². The summed E-state index contributed by atoms with van der Waals surface area (Å²) in [4.78, 5) is 0. The van der Waals surface area contributed by atoms with Gasteiger partial charge in [0.1, 0.15) is 0 Å². The van der Waals surface area contributed by atoms with Gasteiger partial charge in [0, 0.05) is 5.92 Å². The Kier molecular flexibility index (Phi) is 3.49. The SMILES string of the molecule is CC(C)C(O)C(C)c1ccccc1. The Morgan fingerprint density at radius 2 is 1.54 bits per heavy atom. The highest BCUT2D eigenvalue weighted by atomic mass is 16.3. The van der Waals surface area contributed by atoms with Crippen LogP contribution in [0.1, 0.15) is 32.3 Å². The number of aliphatic hydroxyl groups excluding tert-OH is 1. The Hall–Kier alpha value is -0.820. The van der Waals surface area contributed by atoms with Crippen molar-refractivity contribution in [1.29, 1.82) is 0 Å². The molecular formula is C12H18O. The van der Waals surface area contributed by atoms with Crippen LogP contribution in [0.4, 0.5) is 0 Å². The van der Waals surface area contributed by atoms with Gasteiger partial charge in [-0.3, -0.25) is 0 Å². The summed E-state index contributed by atoms with van der Waals surface area (Å²) < 4.78 is 0. The predicted molar refractivity (Wildman–Crippen MR) is 55.7 cm³/mol. The topological polar surface area (TPSA) is 20.2 Å². The first-order valence-electron chi connectivity index (χ1n) is 4.86. The van der Waals surface area contributed by atoms with Crippen molar-refractivity contribution in [2.45, 2.75) is 32.8 Å². The molecule has 1 aromatic carbocycles. The van der Waals surface area contributed by atoms with Gasteiger partial charge in [-0.25, -0.2) is 0 Å². The molecule has 1 heteroatoms. The Bertz CT molecular complexity index is 241. The fraction of sp³-hybridized carbons (Fsp3) is 0.500. The summed E-state index contributed by atoms with van der Waals surface area (Å²) in [5, 5.41) is 9.85. The van der Waals surface area contributed by atoms with Crippen LogP contribution < -0.4 is 0 Å². The maximum atomic E-state index is 9.85. The van der Waals surface area contributed by atoms with Gasteiger partial charge in [-0.15, -0.1) is 0 Å². The lowest BCUT2D eigenvalue weighted by Crippen LogP contribution is -2.21. The molecule has 0 fully saturated rings. The molecule has 72 valence electrons. The minimum absolute atomic E-state index is 0.223. The van der Waals surface area contributed by atoms with E-state index in [4.69, 9.17) is 0 Å². The molecule has 1 rings (SSSR count). The highest BCUT2D eigenvalue weighted by Gasteiger charge is 2.18. The van der Waals surface area contributed by atoms with Crippen molar-refractivity contribution in [3.63, 3.8) is 0 Å². The van der Waals surface area contributed by atoms with Crippen molar-refractivity contribution in [3.05, 3.63) is 35.9 Å². The Morgan fingerprint density at radius 1 is 1.00 bits per heavy atom. The summed E-state index contributed by atoms with van der Waals surface area (Å²) in [6.45, 7) is 6.16. The lowest BCUT2D eigenvalue weighted by molar-refractivity contribution is 0.102. The highest BCUT2D eigenvalue weighted by Crippen LogP contribution is 2.23.